The topological polar surface area (TPSA) is 122 Å². The molecule has 0 saturated carbocycles. The molecule has 1 aromatic rings. The van der Waals surface area contributed by atoms with Gasteiger partial charge in [0.25, 0.3) is 0 Å². The summed E-state index contributed by atoms with van der Waals surface area (Å²) in [6.45, 7) is -0.516. The van der Waals surface area contributed by atoms with E-state index in [0.29, 0.717) is 17.5 Å². The van der Waals surface area contributed by atoms with Gasteiger partial charge in [-0.1, -0.05) is 24.3 Å². The molecule has 0 aromatic heterocycles. The fraction of sp³-hybridized carbons (Fsp3) is 0.188. The number of aliphatic hydroxyl groups is 1. The maximum Gasteiger partial charge on any atom is 0.243 e. The molecule has 1 rings (SSSR count). The summed E-state index contributed by atoms with van der Waals surface area (Å²) in [4.78, 5) is 33.2. The molecular weight excluding hydrogens is 298 g/mol. The van der Waals surface area contributed by atoms with Crippen molar-refractivity contribution in [2.45, 2.75) is 0 Å². The first-order valence-corrected chi connectivity index (χ1v) is 6.90. The Balaban J connectivity index is 2.58. The van der Waals surface area contributed by atoms with Gasteiger partial charge in [0.1, 0.15) is 6.29 Å². The summed E-state index contributed by atoms with van der Waals surface area (Å²) >= 11 is 0. The molecule has 23 heavy (non-hydrogen) atoms. The Hall–Kier alpha value is -2.77. The molecule has 0 unspecified atom stereocenters. The summed E-state index contributed by atoms with van der Waals surface area (Å²) < 4.78 is 0. The van der Waals surface area contributed by atoms with Crippen molar-refractivity contribution in [3.8, 4) is 0 Å². The van der Waals surface area contributed by atoms with E-state index < -0.39 is 5.91 Å². The molecule has 122 valence electrons. The van der Waals surface area contributed by atoms with E-state index in [-0.39, 0.29) is 25.6 Å². The van der Waals surface area contributed by atoms with Crippen LogP contribution in [0.25, 0.3) is 6.08 Å². The van der Waals surface area contributed by atoms with Crippen LogP contribution in [0.15, 0.2) is 42.0 Å². The first kappa shape index (κ1) is 18.3. The highest BCUT2D eigenvalue weighted by molar-refractivity contribution is 5.94. The number of allylic oxidation sites excluding steroid dienone is 2. The maximum absolute atomic E-state index is 11.6. The van der Waals surface area contributed by atoms with Gasteiger partial charge in [0.2, 0.25) is 11.8 Å². The molecule has 0 bridgehead atoms. The summed E-state index contributed by atoms with van der Waals surface area (Å²) in [5, 5.41) is 13.7. The molecule has 0 radical (unpaired) electrons. The minimum absolute atomic E-state index is 0.146. The van der Waals surface area contributed by atoms with Gasteiger partial charge >= 0.3 is 0 Å². The number of aliphatic hydroxyl groups excluding tert-OH is 1. The highest BCUT2D eigenvalue weighted by Crippen LogP contribution is 2.11. The van der Waals surface area contributed by atoms with E-state index in [1.54, 1.807) is 36.4 Å². The van der Waals surface area contributed by atoms with Crippen molar-refractivity contribution < 1.29 is 19.5 Å². The van der Waals surface area contributed by atoms with Gasteiger partial charge in [-0.15, -0.1) is 0 Å². The zero-order valence-corrected chi connectivity index (χ0v) is 12.5. The lowest BCUT2D eigenvalue weighted by Gasteiger charge is -2.06. The minimum Gasteiger partial charge on any atom is -0.392 e. The van der Waals surface area contributed by atoms with Crippen LogP contribution in [0.4, 0.5) is 5.69 Å². The summed E-state index contributed by atoms with van der Waals surface area (Å²) in [6, 6.07) is 6.90. The van der Waals surface area contributed by atoms with E-state index in [9.17, 15) is 14.4 Å². The molecule has 2 amide bonds. The SMILES string of the molecule is NCC(=O)NCC(=O)Nc1ccc(/C=C/C(C=O)=C\CO)cc1. The number of nitrogens with one attached hydrogen (secondary N) is 2. The predicted molar refractivity (Wildman–Crippen MR) is 87.4 cm³/mol. The van der Waals surface area contributed by atoms with Crippen LogP contribution in [-0.4, -0.2) is 42.9 Å². The normalized spacial score (nSPS) is 11.3. The average Bonchev–Trinajstić information content (AvgIpc) is 2.57. The number of amides is 2. The molecule has 0 heterocycles. The number of carbonyl (C=O) groups is 3. The molecule has 7 heteroatoms. The first-order chi connectivity index (χ1) is 11.1. The van der Waals surface area contributed by atoms with Crippen LogP contribution in [0.1, 0.15) is 5.56 Å². The lowest BCUT2D eigenvalue weighted by molar-refractivity contribution is -0.123. The Morgan fingerprint density at radius 3 is 2.43 bits per heavy atom. The number of hydrogen-bond donors (Lipinski definition) is 4. The fourth-order valence-electron chi connectivity index (χ4n) is 1.59. The van der Waals surface area contributed by atoms with Gasteiger partial charge in [-0.2, -0.15) is 0 Å². The lowest BCUT2D eigenvalue weighted by Crippen LogP contribution is -2.36. The lowest BCUT2D eigenvalue weighted by atomic mass is 10.1. The fourth-order valence-corrected chi connectivity index (χ4v) is 1.59. The van der Waals surface area contributed by atoms with E-state index in [2.05, 4.69) is 10.6 Å². The number of rotatable bonds is 8. The third-order valence-electron chi connectivity index (χ3n) is 2.76. The van der Waals surface area contributed by atoms with Crippen molar-refractivity contribution in [3.05, 3.63) is 47.6 Å². The second kappa shape index (κ2) is 10.0. The van der Waals surface area contributed by atoms with Crippen LogP contribution in [-0.2, 0) is 14.4 Å². The zero-order valence-electron chi connectivity index (χ0n) is 12.5. The van der Waals surface area contributed by atoms with E-state index in [1.165, 1.54) is 6.08 Å². The Morgan fingerprint density at radius 2 is 1.87 bits per heavy atom. The van der Waals surface area contributed by atoms with E-state index >= 15 is 0 Å². The number of nitrogens with two attached hydrogens (primary N) is 1. The molecule has 0 spiro atoms. The van der Waals surface area contributed by atoms with E-state index in [0.717, 1.165) is 5.56 Å². The van der Waals surface area contributed by atoms with Crippen LogP contribution in [0.3, 0.4) is 0 Å². The Bertz CT molecular complexity index is 606. The zero-order chi connectivity index (χ0) is 17.1. The minimum atomic E-state index is -0.400. The highest BCUT2D eigenvalue weighted by Gasteiger charge is 2.04. The molecule has 0 aliphatic rings. The van der Waals surface area contributed by atoms with Gasteiger partial charge in [-0.05, 0) is 23.8 Å². The molecule has 0 aliphatic carbocycles. The standard InChI is InChI=1S/C16H19N3O4/c17-9-15(22)18-10-16(23)19-14-5-3-12(4-6-14)1-2-13(11-21)7-8-20/h1-7,11,20H,8-10,17H2,(H,18,22)(H,19,23)/b2-1+,13-7+. The largest absolute Gasteiger partial charge is 0.392 e. The summed E-state index contributed by atoms with van der Waals surface area (Å²) in [5.41, 5.74) is 6.90. The van der Waals surface area contributed by atoms with Gasteiger partial charge in [-0.25, -0.2) is 0 Å². The first-order valence-electron chi connectivity index (χ1n) is 6.90. The van der Waals surface area contributed by atoms with E-state index in [4.69, 9.17) is 10.8 Å². The van der Waals surface area contributed by atoms with Crippen molar-refractivity contribution in [2.75, 3.05) is 25.0 Å². The van der Waals surface area contributed by atoms with E-state index in [1.807, 2.05) is 0 Å². The molecule has 1 aromatic carbocycles. The van der Waals surface area contributed by atoms with Gasteiger partial charge < -0.3 is 21.5 Å². The molecular formula is C16H19N3O4. The molecule has 7 nitrogen and oxygen atoms in total. The maximum atomic E-state index is 11.6. The number of benzene rings is 1. The van der Waals surface area contributed by atoms with Crippen molar-refractivity contribution in [3.63, 3.8) is 0 Å². The second-order valence-corrected chi connectivity index (χ2v) is 4.49. The molecule has 0 fully saturated rings. The summed E-state index contributed by atoms with van der Waals surface area (Å²) in [5.74, 6) is -0.758. The third kappa shape index (κ3) is 7.16. The smallest absolute Gasteiger partial charge is 0.243 e. The van der Waals surface area contributed by atoms with Gasteiger partial charge in [0, 0.05) is 11.3 Å². The quantitative estimate of drug-likeness (QED) is 0.301. The number of hydrogen-bond acceptors (Lipinski definition) is 5. The number of anilines is 1. The predicted octanol–water partition coefficient (Wildman–Crippen LogP) is -0.169. The van der Waals surface area contributed by atoms with Gasteiger partial charge in [0.05, 0.1) is 19.7 Å². The average molecular weight is 317 g/mol. The van der Waals surface area contributed by atoms with Crippen LogP contribution in [0.2, 0.25) is 0 Å². The summed E-state index contributed by atoms with van der Waals surface area (Å²) in [7, 11) is 0. The number of carbonyl (C=O) groups excluding carboxylic acids is 3. The van der Waals surface area contributed by atoms with Crippen molar-refractivity contribution >= 4 is 29.9 Å². The molecule has 0 aliphatic heterocycles. The van der Waals surface area contributed by atoms with Crippen LogP contribution in [0, 0.1) is 0 Å². The van der Waals surface area contributed by atoms with Crippen molar-refractivity contribution in [1.29, 1.82) is 0 Å². The Labute approximate surface area is 133 Å². The highest BCUT2D eigenvalue weighted by atomic mass is 16.2. The third-order valence-corrected chi connectivity index (χ3v) is 2.76. The van der Waals surface area contributed by atoms with Crippen molar-refractivity contribution in [2.24, 2.45) is 5.73 Å². The molecule has 0 saturated heterocycles. The monoisotopic (exact) mass is 317 g/mol. The molecule has 0 atom stereocenters. The Kier molecular flexibility index (Phi) is 7.98. The van der Waals surface area contributed by atoms with Crippen LogP contribution in [0.5, 0.6) is 0 Å². The van der Waals surface area contributed by atoms with Crippen LogP contribution < -0.4 is 16.4 Å². The van der Waals surface area contributed by atoms with Crippen molar-refractivity contribution in [1.82, 2.24) is 5.32 Å². The summed E-state index contributed by atoms with van der Waals surface area (Å²) in [6.07, 6.45) is 5.34. The van der Waals surface area contributed by atoms with Gasteiger partial charge in [-0.3, -0.25) is 14.4 Å². The molecule has 5 N–H and O–H groups in total. The van der Waals surface area contributed by atoms with Gasteiger partial charge in [0.15, 0.2) is 0 Å². The Morgan fingerprint density at radius 1 is 1.17 bits per heavy atom. The number of aldehydes is 1. The second-order valence-electron chi connectivity index (χ2n) is 4.49. The van der Waals surface area contributed by atoms with Crippen LogP contribution >= 0.6 is 0 Å².